The fourth-order valence-electron chi connectivity index (χ4n) is 2.75. The predicted molar refractivity (Wildman–Crippen MR) is 83.5 cm³/mol. The average Bonchev–Trinajstić information content (AvgIpc) is 3.39. The van der Waals surface area contributed by atoms with Crippen molar-refractivity contribution in [2.75, 3.05) is 6.54 Å². The quantitative estimate of drug-likeness (QED) is 0.849. The minimum Gasteiger partial charge on any atom is -0.349 e. The highest BCUT2D eigenvalue weighted by Crippen LogP contribution is 2.38. The van der Waals surface area contributed by atoms with Crippen molar-refractivity contribution < 1.29 is 13.6 Å². The lowest BCUT2D eigenvalue weighted by molar-refractivity contribution is 0.0934. The lowest BCUT2D eigenvalue weighted by Crippen LogP contribution is -2.33. The first-order valence-corrected chi connectivity index (χ1v) is 7.80. The molecule has 0 radical (unpaired) electrons. The highest BCUT2D eigenvalue weighted by Gasteiger charge is 2.32. The maximum absolute atomic E-state index is 13.8. The molecular formula is C17H17F2N3O2. The van der Waals surface area contributed by atoms with Crippen LogP contribution in [0.2, 0.25) is 0 Å². The first kappa shape index (κ1) is 16.3. The molecule has 0 saturated heterocycles. The molecule has 1 saturated carbocycles. The van der Waals surface area contributed by atoms with Crippen LogP contribution in [0, 0.1) is 23.5 Å². The van der Waals surface area contributed by atoms with Gasteiger partial charge in [-0.15, -0.1) is 0 Å². The molecular weight excluding hydrogens is 316 g/mol. The predicted octanol–water partition coefficient (Wildman–Crippen LogP) is 2.05. The van der Waals surface area contributed by atoms with Gasteiger partial charge in [0.25, 0.3) is 11.5 Å². The number of benzene rings is 1. The van der Waals surface area contributed by atoms with Gasteiger partial charge in [0.2, 0.25) is 0 Å². The van der Waals surface area contributed by atoms with Gasteiger partial charge >= 0.3 is 0 Å². The Morgan fingerprint density at radius 1 is 1.33 bits per heavy atom. The Hall–Kier alpha value is -2.57. The molecule has 3 rings (SSSR count). The lowest BCUT2D eigenvalue weighted by Gasteiger charge is -2.17. The molecule has 126 valence electrons. The number of rotatable bonds is 6. The number of hydrogen-bond acceptors (Lipinski definition) is 3. The Bertz CT molecular complexity index is 802. The molecule has 0 aliphatic heterocycles. The fourth-order valence-corrected chi connectivity index (χ4v) is 2.75. The van der Waals surface area contributed by atoms with Crippen LogP contribution in [-0.2, 0) is 6.42 Å². The summed E-state index contributed by atoms with van der Waals surface area (Å²) in [5.74, 6) is -1.07. The first-order valence-electron chi connectivity index (χ1n) is 7.80. The molecule has 0 unspecified atom stereocenters. The van der Waals surface area contributed by atoms with Crippen molar-refractivity contribution in [3.63, 3.8) is 0 Å². The number of amides is 1. The smallest absolute Gasteiger partial charge is 0.287 e. The van der Waals surface area contributed by atoms with Gasteiger partial charge in [-0.2, -0.15) is 0 Å². The summed E-state index contributed by atoms with van der Waals surface area (Å²) in [6, 6.07) is 4.62. The molecule has 7 heteroatoms. The second-order valence-electron chi connectivity index (χ2n) is 6.03. The third-order valence-electron chi connectivity index (χ3n) is 4.19. The average molecular weight is 333 g/mol. The monoisotopic (exact) mass is 333 g/mol. The second-order valence-corrected chi connectivity index (χ2v) is 6.03. The van der Waals surface area contributed by atoms with Crippen LogP contribution in [0.3, 0.4) is 0 Å². The minimum absolute atomic E-state index is 0.0145. The van der Waals surface area contributed by atoms with Crippen molar-refractivity contribution in [3.05, 3.63) is 63.8 Å². The van der Waals surface area contributed by atoms with Crippen LogP contribution in [0.1, 0.15) is 29.0 Å². The van der Waals surface area contributed by atoms with Gasteiger partial charge in [-0.1, -0.05) is 0 Å². The van der Waals surface area contributed by atoms with Crippen molar-refractivity contribution in [2.45, 2.75) is 19.3 Å². The molecule has 1 amide bonds. The van der Waals surface area contributed by atoms with E-state index in [1.165, 1.54) is 18.3 Å². The summed E-state index contributed by atoms with van der Waals surface area (Å²) in [5, 5.41) is 2.71. The summed E-state index contributed by atoms with van der Waals surface area (Å²) in [5.41, 5.74) is -0.0943. The van der Waals surface area contributed by atoms with Crippen molar-refractivity contribution in [1.82, 2.24) is 15.3 Å². The lowest BCUT2D eigenvalue weighted by atomic mass is 9.94. The molecule has 24 heavy (non-hydrogen) atoms. The van der Waals surface area contributed by atoms with Gasteiger partial charge in [-0.05, 0) is 54.9 Å². The molecule has 1 heterocycles. The maximum Gasteiger partial charge on any atom is 0.287 e. The second kappa shape index (κ2) is 6.90. The van der Waals surface area contributed by atoms with Crippen LogP contribution in [0.25, 0.3) is 0 Å². The Morgan fingerprint density at radius 3 is 2.83 bits per heavy atom. The number of carbonyl (C=O) groups excluding carboxylic acids is 1. The Kier molecular flexibility index (Phi) is 4.69. The van der Waals surface area contributed by atoms with Crippen LogP contribution in [-0.4, -0.2) is 22.4 Å². The summed E-state index contributed by atoms with van der Waals surface area (Å²) in [6.45, 7) is 0.318. The molecule has 0 bridgehead atoms. The van der Waals surface area contributed by atoms with E-state index in [0.29, 0.717) is 24.4 Å². The van der Waals surface area contributed by atoms with E-state index in [9.17, 15) is 18.4 Å². The molecule has 1 fully saturated rings. The van der Waals surface area contributed by atoms with E-state index in [-0.39, 0.29) is 11.7 Å². The van der Waals surface area contributed by atoms with Crippen LogP contribution in [0.15, 0.2) is 35.3 Å². The molecule has 1 aromatic carbocycles. The third-order valence-corrected chi connectivity index (χ3v) is 4.19. The van der Waals surface area contributed by atoms with Crippen LogP contribution >= 0.6 is 0 Å². The molecule has 1 aliphatic rings. The maximum atomic E-state index is 13.8. The number of carbonyl (C=O) groups is 1. The van der Waals surface area contributed by atoms with E-state index in [0.717, 1.165) is 25.0 Å². The Labute approximate surface area is 137 Å². The summed E-state index contributed by atoms with van der Waals surface area (Å²) < 4.78 is 27.1. The highest BCUT2D eigenvalue weighted by molar-refractivity contribution is 5.90. The van der Waals surface area contributed by atoms with Crippen LogP contribution in [0.4, 0.5) is 8.78 Å². The van der Waals surface area contributed by atoms with Crippen molar-refractivity contribution >= 4 is 5.91 Å². The van der Waals surface area contributed by atoms with Crippen LogP contribution in [0.5, 0.6) is 0 Å². The van der Waals surface area contributed by atoms with E-state index in [4.69, 9.17) is 0 Å². The molecule has 1 aliphatic carbocycles. The molecule has 0 spiro atoms. The number of hydrogen-bond donors (Lipinski definition) is 2. The highest BCUT2D eigenvalue weighted by atomic mass is 19.1. The minimum atomic E-state index is -0.488. The van der Waals surface area contributed by atoms with Crippen molar-refractivity contribution in [2.24, 2.45) is 11.8 Å². The number of aromatic nitrogens is 2. The van der Waals surface area contributed by atoms with Gasteiger partial charge in [0.1, 0.15) is 11.6 Å². The van der Waals surface area contributed by atoms with Gasteiger partial charge in [0.15, 0.2) is 5.82 Å². The summed E-state index contributed by atoms with van der Waals surface area (Å²) >= 11 is 0. The zero-order valence-corrected chi connectivity index (χ0v) is 12.9. The fraction of sp³-hybridized carbons (Fsp3) is 0.353. The van der Waals surface area contributed by atoms with Gasteiger partial charge in [0, 0.05) is 18.8 Å². The summed E-state index contributed by atoms with van der Waals surface area (Å²) in [4.78, 5) is 29.4. The standard InChI is InChI=1S/C17H17F2N3O2/c18-13-3-4-14(19)11(8-13)7-12(10-1-2-10)9-21-17(24)16-20-6-5-15(23)22-16/h3-6,8,10,12H,1-2,7,9H2,(H,21,24)(H,20,22,23)/t12-/m0/s1. The number of nitrogens with zero attached hydrogens (tertiary/aromatic N) is 1. The number of halogens is 2. The van der Waals surface area contributed by atoms with Gasteiger partial charge in [-0.25, -0.2) is 13.8 Å². The van der Waals surface area contributed by atoms with E-state index >= 15 is 0 Å². The number of H-pyrrole nitrogens is 1. The van der Waals surface area contributed by atoms with Gasteiger partial charge < -0.3 is 10.3 Å². The largest absolute Gasteiger partial charge is 0.349 e. The van der Waals surface area contributed by atoms with E-state index in [1.807, 2.05) is 0 Å². The molecule has 5 nitrogen and oxygen atoms in total. The van der Waals surface area contributed by atoms with Crippen LogP contribution < -0.4 is 10.9 Å². The van der Waals surface area contributed by atoms with E-state index < -0.39 is 23.1 Å². The topological polar surface area (TPSA) is 74.8 Å². The molecule has 2 N–H and O–H groups in total. The molecule has 1 atom stereocenters. The Morgan fingerprint density at radius 2 is 2.12 bits per heavy atom. The molecule has 2 aromatic rings. The van der Waals surface area contributed by atoms with E-state index in [2.05, 4.69) is 15.3 Å². The van der Waals surface area contributed by atoms with Crippen molar-refractivity contribution in [1.29, 1.82) is 0 Å². The van der Waals surface area contributed by atoms with Gasteiger partial charge in [-0.3, -0.25) is 9.59 Å². The van der Waals surface area contributed by atoms with Crippen molar-refractivity contribution in [3.8, 4) is 0 Å². The zero-order valence-electron chi connectivity index (χ0n) is 12.9. The van der Waals surface area contributed by atoms with Gasteiger partial charge in [0.05, 0.1) is 0 Å². The normalized spacial score (nSPS) is 15.1. The summed E-state index contributed by atoms with van der Waals surface area (Å²) in [6.07, 6.45) is 3.64. The zero-order chi connectivity index (χ0) is 17.1. The number of nitrogens with one attached hydrogen (secondary N) is 2. The number of aromatic amines is 1. The SMILES string of the molecule is O=C(NC[C@H](Cc1cc(F)ccc1F)C1CC1)c1nccc(=O)[nH]1. The molecule has 1 aromatic heterocycles. The first-order chi connectivity index (χ1) is 11.5. The summed E-state index contributed by atoms with van der Waals surface area (Å²) in [7, 11) is 0. The van der Waals surface area contributed by atoms with E-state index in [1.54, 1.807) is 0 Å². The third kappa shape index (κ3) is 4.04. The Balaban J connectivity index is 1.65.